The number of rotatable bonds is 3. The molecule has 0 radical (unpaired) electrons. The highest BCUT2D eigenvalue weighted by atomic mass is 32.2. The first-order valence-electron chi connectivity index (χ1n) is 10.5. The van der Waals surface area contributed by atoms with E-state index in [9.17, 15) is 30.8 Å². The molecule has 1 fully saturated rings. The van der Waals surface area contributed by atoms with Crippen molar-refractivity contribution < 1.29 is 39.9 Å². The number of sulfonamides is 1. The average Bonchev–Trinajstić information content (AvgIpc) is 2.78. The highest BCUT2D eigenvalue weighted by Crippen LogP contribution is 2.38. The molecule has 2 unspecified atom stereocenters. The van der Waals surface area contributed by atoms with E-state index in [-0.39, 0.29) is 35.5 Å². The van der Waals surface area contributed by atoms with Gasteiger partial charge in [-0.15, -0.1) is 0 Å². The molecule has 0 saturated carbocycles. The van der Waals surface area contributed by atoms with Crippen molar-refractivity contribution in [2.45, 2.75) is 37.3 Å². The zero-order chi connectivity index (χ0) is 24.7. The summed E-state index contributed by atoms with van der Waals surface area (Å²) in [6.07, 6.45) is -1.68. The molecule has 0 aliphatic carbocycles. The maximum Gasteiger partial charge on any atom is 0.267 e. The molecular formula is C22H21F5N2O4S. The Bertz CT molecular complexity index is 1210. The minimum Gasteiger partial charge on any atom is -0.489 e. The average molecular weight is 504 g/mol. The van der Waals surface area contributed by atoms with Crippen LogP contribution in [0.15, 0.2) is 36.4 Å². The van der Waals surface area contributed by atoms with Gasteiger partial charge in [0, 0.05) is 24.1 Å². The van der Waals surface area contributed by atoms with E-state index in [0.717, 1.165) is 11.0 Å². The van der Waals surface area contributed by atoms with Gasteiger partial charge in [0.15, 0.2) is 11.6 Å². The van der Waals surface area contributed by atoms with Crippen molar-refractivity contribution >= 4 is 15.9 Å². The lowest BCUT2D eigenvalue weighted by atomic mass is 9.87. The van der Waals surface area contributed by atoms with E-state index in [4.69, 9.17) is 4.74 Å². The van der Waals surface area contributed by atoms with Crippen molar-refractivity contribution in [1.82, 2.24) is 9.62 Å². The number of benzene rings is 2. The number of amides is 1. The van der Waals surface area contributed by atoms with Crippen molar-refractivity contribution in [3.63, 3.8) is 0 Å². The van der Waals surface area contributed by atoms with Crippen molar-refractivity contribution in [2.24, 2.45) is 0 Å². The smallest absolute Gasteiger partial charge is 0.267 e. The van der Waals surface area contributed by atoms with E-state index in [2.05, 4.69) is 0 Å². The fraction of sp³-hybridized carbons (Fsp3) is 0.409. The summed E-state index contributed by atoms with van der Waals surface area (Å²) in [6.45, 7) is -0.759. The summed E-state index contributed by atoms with van der Waals surface area (Å²) < 4.78 is 104. The first kappa shape index (κ1) is 24.4. The maximum absolute atomic E-state index is 15.6. The molecule has 0 aromatic heterocycles. The summed E-state index contributed by atoms with van der Waals surface area (Å²) in [5, 5.41) is 0. The molecule has 34 heavy (non-hydrogen) atoms. The van der Waals surface area contributed by atoms with Crippen molar-refractivity contribution in [2.75, 3.05) is 19.2 Å². The third kappa shape index (κ3) is 4.61. The summed E-state index contributed by atoms with van der Waals surface area (Å²) >= 11 is 0. The molecule has 4 rings (SSSR count). The lowest BCUT2D eigenvalue weighted by Crippen LogP contribution is -2.66. The number of nitrogens with zero attached hydrogens (tertiary/aromatic N) is 1. The van der Waals surface area contributed by atoms with Gasteiger partial charge in [-0.1, -0.05) is 30.3 Å². The highest BCUT2D eigenvalue weighted by molar-refractivity contribution is 7.89. The van der Waals surface area contributed by atoms with E-state index < -0.39 is 71.0 Å². The largest absolute Gasteiger partial charge is 0.489 e. The predicted molar refractivity (Wildman–Crippen MR) is 112 cm³/mol. The minimum absolute atomic E-state index is 0.0473. The molecule has 1 N–H and O–H groups in total. The van der Waals surface area contributed by atoms with Gasteiger partial charge in [0.2, 0.25) is 21.9 Å². The maximum atomic E-state index is 15.6. The molecule has 1 saturated heterocycles. The van der Waals surface area contributed by atoms with Gasteiger partial charge < -0.3 is 9.64 Å². The first-order chi connectivity index (χ1) is 16.0. The van der Waals surface area contributed by atoms with Crippen LogP contribution >= 0.6 is 0 Å². The second-order valence-corrected chi connectivity index (χ2v) is 9.87. The number of carbonyl (C=O) groups is 1. The Morgan fingerprint density at radius 3 is 2.56 bits per heavy atom. The molecule has 2 heterocycles. The van der Waals surface area contributed by atoms with Crippen LogP contribution in [-0.2, 0) is 21.2 Å². The van der Waals surface area contributed by atoms with Gasteiger partial charge in [-0.25, -0.2) is 35.1 Å². The Kier molecular flexibility index (Phi) is 6.56. The van der Waals surface area contributed by atoms with E-state index in [0.29, 0.717) is 0 Å². The van der Waals surface area contributed by atoms with Crippen molar-refractivity contribution in [1.29, 1.82) is 0 Å². The fourth-order valence-electron chi connectivity index (χ4n) is 4.40. The van der Waals surface area contributed by atoms with Gasteiger partial charge in [-0.05, 0) is 18.1 Å². The molecule has 1 amide bonds. The summed E-state index contributed by atoms with van der Waals surface area (Å²) in [5.74, 6) is -6.15. The minimum atomic E-state index is -4.73. The number of piperidine rings is 1. The predicted octanol–water partition coefficient (Wildman–Crippen LogP) is 3.41. The van der Waals surface area contributed by atoms with Crippen LogP contribution in [0, 0.1) is 11.6 Å². The second-order valence-electron chi connectivity index (χ2n) is 8.18. The topological polar surface area (TPSA) is 75.7 Å². The molecule has 2 aliphatic rings. The Morgan fingerprint density at radius 2 is 1.82 bits per heavy atom. The number of para-hydroxylation sites is 1. The zero-order valence-electron chi connectivity index (χ0n) is 17.7. The van der Waals surface area contributed by atoms with Gasteiger partial charge in [-0.2, -0.15) is 0 Å². The quantitative estimate of drug-likeness (QED) is 0.651. The van der Waals surface area contributed by atoms with E-state index >= 15 is 4.39 Å². The summed E-state index contributed by atoms with van der Waals surface area (Å²) in [5.41, 5.74) is -0.0694. The van der Waals surface area contributed by atoms with E-state index in [1.54, 1.807) is 4.72 Å². The number of hydrogen-bond donors (Lipinski definition) is 1. The van der Waals surface area contributed by atoms with Crippen LogP contribution in [0.2, 0.25) is 0 Å². The van der Waals surface area contributed by atoms with Gasteiger partial charge in [-0.3, -0.25) is 4.79 Å². The Hall–Kier alpha value is -2.73. The molecule has 184 valence electrons. The van der Waals surface area contributed by atoms with Crippen LogP contribution in [0.5, 0.6) is 5.75 Å². The first-order valence-corrected chi connectivity index (χ1v) is 12.1. The fourth-order valence-corrected chi connectivity index (χ4v) is 5.18. The third-order valence-electron chi connectivity index (χ3n) is 6.02. The number of fused-ring (bicyclic) bond motifs is 5. The molecule has 12 heteroatoms. The normalized spacial score (nSPS) is 22.6. The van der Waals surface area contributed by atoms with Crippen LogP contribution < -0.4 is 9.46 Å². The van der Waals surface area contributed by atoms with E-state index in [1.165, 1.54) is 30.3 Å². The summed E-state index contributed by atoms with van der Waals surface area (Å²) in [4.78, 5) is 14.0. The number of ether oxygens (including phenoxy) is 1. The van der Waals surface area contributed by atoms with Crippen LogP contribution in [0.25, 0.3) is 11.1 Å². The van der Waals surface area contributed by atoms with Crippen LogP contribution in [-0.4, -0.2) is 56.4 Å². The van der Waals surface area contributed by atoms with Gasteiger partial charge in [0.25, 0.3) is 5.92 Å². The Morgan fingerprint density at radius 1 is 1.12 bits per heavy atom. The van der Waals surface area contributed by atoms with Gasteiger partial charge >= 0.3 is 0 Å². The molecule has 2 bridgehead atoms. The molecule has 2 atom stereocenters. The van der Waals surface area contributed by atoms with Gasteiger partial charge in [0.1, 0.15) is 11.9 Å². The molecule has 6 nitrogen and oxygen atoms in total. The molecular weight excluding hydrogens is 483 g/mol. The Labute approximate surface area is 192 Å². The van der Waals surface area contributed by atoms with Crippen LogP contribution in [0.1, 0.15) is 18.4 Å². The molecule has 0 spiro atoms. The third-order valence-corrected chi connectivity index (χ3v) is 6.92. The zero-order valence-corrected chi connectivity index (χ0v) is 18.6. The van der Waals surface area contributed by atoms with Crippen molar-refractivity contribution in [3.8, 4) is 16.9 Å². The molecule has 2 aromatic rings. The SMILES string of the molecule is O=C1CCOc2c(F)cccc2-c2cccc(c2F)CC2C(NS(=O)(=O)CF)C(F)(F)CCN12. The van der Waals surface area contributed by atoms with Crippen LogP contribution in [0.3, 0.4) is 0 Å². The number of hydrogen-bond acceptors (Lipinski definition) is 4. The van der Waals surface area contributed by atoms with Crippen molar-refractivity contribution in [3.05, 3.63) is 53.6 Å². The molecule has 2 aromatic carbocycles. The van der Waals surface area contributed by atoms with Crippen LogP contribution in [0.4, 0.5) is 22.0 Å². The van der Waals surface area contributed by atoms with E-state index in [1.807, 2.05) is 0 Å². The number of nitrogens with one attached hydrogen (secondary N) is 1. The number of carbonyl (C=O) groups excluding carboxylic acids is 1. The second kappa shape index (κ2) is 9.14. The monoisotopic (exact) mass is 504 g/mol. The molecule has 2 aliphatic heterocycles. The summed E-state index contributed by atoms with van der Waals surface area (Å²) in [7, 11) is -4.73. The lowest BCUT2D eigenvalue weighted by Gasteiger charge is -2.45. The number of halogens is 5. The highest BCUT2D eigenvalue weighted by Gasteiger charge is 2.52. The number of alkyl halides is 3. The lowest BCUT2D eigenvalue weighted by molar-refractivity contribution is -0.148. The standard InChI is InChI=1S/C22H21F5N2O4S/c23-12-34(31,32)28-21-17-11-13-3-1-4-14(19(13)25)15-5-2-6-16(24)20(15)33-10-7-18(30)29(17)9-8-22(21,26)27/h1-6,17,21,28H,7-12H2. The van der Waals surface area contributed by atoms with Gasteiger partial charge in [0.05, 0.1) is 19.1 Å². The summed E-state index contributed by atoms with van der Waals surface area (Å²) in [6, 6.07) is 2.39. The Balaban J connectivity index is 1.86.